The summed E-state index contributed by atoms with van der Waals surface area (Å²) in [7, 11) is 0. The second-order valence-corrected chi connectivity index (χ2v) is 6.22. The molecule has 3 nitrogen and oxygen atoms in total. The van der Waals surface area contributed by atoms with E-state index in [0.717, 1.165) is 12.5 Å². The van der Waals surface area contributed by atoms with Crippen LogP contribution in [0.1, 0.15) is 44.1 Å². The van der Waals surface area contributed by atoms with E-state index in [1.54, 1.807) is 0 Å². The van der Waals surface area contributed by atoms with Crippen molar-refractivity contribution in [2.24, 2.45) is 5.92 Å². The van der Waals surface area contributed by atoms with Crippen LogP contribution in [0.4, 0.5) is 0 Å². The first kappa shape index (κ1) is 14.2. The van der Waals surface area contributed by atoms with Gasteiger partial charge in [-0.3, -0.25) is 4.79 Å². The van der Waals surface area contributed by atoms with Gasteiger partial charge in [-0.15, -0.1) is 0 Å². The largest absolute Gasteiger partial charge is 0.481 e. The third-order valence-electron chi connectivity index (χ3n) is 4.66. The van der Waals surface area contributed by atoms with Gasteiger partial charge in [0.2, 0.25) is 0 Å². The minimum Gasteiger partial charge on any atom is -0.481 e. The van der Waals surface area contributed by atoms with E-state index in [9.17, 15) is 4.79 Å². The molecule has 1 aromatic carbocycles. The van der Waals surface area contributed by atoms with Gasteiger partial charge in [0, 0.05) is 30.1 Å². The van der Waals surface area contributed by atoms with Crippen molar-refractivity contribution >= 4 is 16.9 Å². The van der Waals surface area contributed by atoms with Crippen LogP contribution in [-0.2, 0) is 17.8 Å². The number of aromatic nitrogens is 1. The first-order chi connectivity index (χ1) is 10.2. The zero-order valence-electron chi connectivity index (χ0n) is 12.4. The van der Waals surface area contributed by atoms with E-state index in [1.165, 1.54) is 48.6 Å². The number of hydrogen-bond acceptors (Lipinski definition) is 1. The Labute approximate surface area is 125 Å². The highest BCUT2D eigenvalue weighted by Gasteiger charge is 2.16. The zero-order valence-corrected chi connectivity index (χ0v) is 12.4. The van der Waals surface area contributed by atoms with Crippen molar-refractivity contribution in [3.8, 4) is 0 Å². The topological polar surface area (TPSA) is 42.2 Å². The van der Waals surface area contributed by atoms with Gasteiger partial charge in [-0.2, -0.15) is 0 Å². The molecule has 1 aromatic heterocycles. The maximum absolute atomic E-state index is 10.8. The number of para-hydroxylation sites is 1. The molecular weight excluding hydrogens is 262 g/mol. The van der Waals surface area contributed by atoms with E-state index in [1.807, 2.05) is 6.07 Å². The summed E-state index contributed by atoms with van der Waals surface area (Å²) in [6.07, 6.45) is 9.76. The van der Waals surface area contributed by atoms with Gasteiger partial charge in [-0.05, 0) is 36.8 Å². The maximum Gasteiger partial charge on any atom is 0.303 e. The number of aliphatic carboxylic acids is 1. The molecule has 1 saturated carbocycles. The summed E-state index contributed by atoms with van der Waals surface area (Å²) >= 11 is 0. The molecule has 0 spiro atoms. The molecule has 1 fully saturated rings. The van der Waals surface area contributed by atoms with Crippen LogP contribution in [0, 0.1) is 5.92 Å². The molecular formula is C18H23NO2. The Balaban J connectivity index is 1.85. The number of benzene rings is 1. The SMILES string of the molecule is O=C(O)CCc1cn(CC2CCCCC2)c2ccccc12. The third-order valence-corrected chi connectivity index (χ3v) is 4.66. The van der Waals surface area contributed by atoms with Gasteiger partial charge in [0.05, 0.1) is 0 Å². The van der Waals surface area contributed by atoms with E-state index in [2.05, 4.69) is 29.0 Å². The number of carboxylic acids is 1. The Morgan fingerprint density at radius 3 is 2.71 bits per heavy atom. The van der Waals surface area contributed by atoms with Crippen LogP contribution in [0.25, 0.3) is 10.9 Å². The summed E-state index contributed by atoms with van der Waals surface area (Å²) in [5.74, 6) is 0.0565. The van der Waals surface area contributed by atoms with E-state index in [-0.39, 0.29) is 6.42 Å². The number of fused-ring (bicyclic) bond motifs is 1. The van der Waals surface area contributed by atoms with Crippen LogP contribution in [-0.4, -0.2) is 15.6 Å². The summed E-state index contributed by atoms with van der Waals surface area (Å²) in [6.45, 7) is 1.08. The molecule has 1 heterocycles. The van der Waals surface area contributed by atoms with Crippen LogP contribution in [0.3, 0.4) is 0 Å². The molecule has 0 atom stereocenters. The number of nitrogens with zero attached hydrogens (tertiary/aromatic N) is 1. The van der Waals surface area contributed by atoms with Gasteiger partial charge in [0.25, 0.3) is 0 Å². The lowest BCUT2D eigenvalue weighted by molar-refractivity contribution is -0.136. The summed E-state index contributed by atoms with van der Waals surface area (Å²) in [6, 6.07) is 8.38. The van der Waals surface area contributed by atoms with Gasteiger partial charge in [-0.25, -0.2) is 0 Å². The number of aryl methyl sites for hydroxylation is 1. The van der Waals surface area contributed by atoms with Crippen molar-refractivity contribution in [1.82, 2.24) is 4.57 Å². The molecule has 112 valence electrons. The average Bonchev–Trinajstić information content (AvgIpc) is 2.85. The number of rotatable bonds is 5. The molecule has 21 heavy (non-hydrogen) atoms. The van der Waals surface area contributed by atoms with Crippen molar-refractivity contribution in [3.63, 3.8) is 0 Å². The Bertz CT molecular complexity index is 623. The van der Waals surface area contributed by atoms with Gasteiger partial charge in [-0.1, -0.05) is 37.5 Å². The average molecular weight is 285 g/mol. The van der Waals surface area contributed by atoms with Crippen LogP contribution >= 0.6 is 0 Å². The first-order valence-corrected chi connectivity index (χ1v) is 8.02. The summed E-state index contributed by atoms with van der Waals surface area (Å²) in [4.78, 5) is 10.8. The smallest absolute Gasteiger partial charge is 0.303 e. The molecule has 3 heteroatoms. The van der Waals surface area contributed by atoms with Gasteiger partial charge in [0.1, 0.15) is 0 Å². The fourth-order valence-corrected chi connectivity index (χ4v) is 3.56. The number of carboxylic acid groups (broad SMARTS) is 1. The van der Waals surface area contributed by atoms with Crippen molar-refractivity contribution in [3.05, 3.63) is 36.0 Å². The Morgan fingerprint density at radius 2 is 1.95 bits per heavy atom. The summed E-state index contributed by atoms with van der Waals surface area (Å²) in [5.41, 5.74) is 2.42. The standard InChI is InChI=1S/C18H23NO2/c20-18(21)11-10-15-13-19(12-14-6-2-1-3-7-14)17-9-5-4-8-16(15)17/h4-5,8-9,13-14H,1-3,6-7,10-12H2,(H,20,21). The van der Waals surface area contributed by atoms with Crippen molar-refractivity contribution in [1.29, 1.82) is 0 Å². The molecule has 0 radical (unpaired) electrons. The molecule has 0 bridgehead atoms. The molecule has 0 amide bonds. The van der Waals surface area contributed by atoms with Crippen molar-refractivity contribution < 1.29 is 9.90 Å². The van der Waals surface area contributed by atoms with Crippen LogP contribution in [0.5, 0.6) is 0 Å². The van der Waals surface area contributed by atoms with Gasteiger partial charge < -0.3 is 9.67 Å². The quantitative estimate of drug-likeness (QED) is 0.892. The number of hydrogen-bond donors (Lipinski definition) is 1. The summed E-state index contributed by atoms with van der Waals surface area (Å²) < 4.78 is 2.35. The Hall–Kier alpha value is -1.77. The summed E-state index contributed by atoms with van der Waals surface area (Å²) in [5, 5.41) is 10.1. The van der Waals surface area contributed by atoms with Crippen LogP contribution in [0.2, 0.25) is 0 Å². The molecule has 0 unspecified atom stereocenters. The fourth-order valence-electron chi connectivity index (χ4n) is 3.56. The number of carbonyl (C=O) groups is 1. The lowest BCUT2D eigenvalue weighted by Crippen LogP contribution is -2.13. The second-order valence-electron chi connectivity index (χ2n) is 6.22. The Morgan fingerprint density at radius 1 is 1.19 bits per heavy atom. The molecule has 1 aliphatic carbocycles. The molecule has 1 aliphatic rings. The minimum absolute atomic E-state index is 0.206. The lowest BCUT2D eigenvalue weighted by Gasteiger charge is -2.22. The monoisotopic (exact) mass is 285 g/mol. The molecule has 3 rings (SSSR count). The van der Waals surface area contributed by atoms with E-state index in [4.69, 9.17) is 5.11 Å². The van der Waals surface area contributed by atoms with Gasteiger partial charge >= 0.3 is 5.97 Å². The minimum atomic E-state index is -0.723. The highest BCUT2D eigenvalue weighted by molar-refractivity contribution is 5.84. The van der Waals surface area contributed by atoms with Crippen molar-refractivity contribution in [2.75, 3.05) is 0 Å². The first-order valence-electron chi connectivity index (χ1n) is 8.02. The Kier molecular flexibility index (Phi) is 4.28. The fraction of sp³-hybridized carbons (Fsp3) is 0.500. The molecule has 1 N–H and O–H groups in total. The van der Waals surface area contributed by atoms with E-state index < -0.39 is 5.97 Å². The van der Waals surface area contributed by atoms with E-state index in [0.29, 0.717) is 6.42 Å². The predicted octanol–water partition coefficient (Wildman–Crippen LogP) is 4.24. The maximum atomic E-state index is 10.8. The van der Waals surface area contributed by atoms with Gasteiger partial charge in [0.15, 0.2) is 0 Å². The van der Waals surface area contributed by atoms with E-state index >= 15 is 0 Å². The van der Waals surface area contributed by atoms with Crippen LogP contribution in [0.15, 0.2) is 30.5 Å². The van der Waals surface area contributed by atoms with Crippen molar-refractivity contribution in [2.45, 2.75) is 51.5 Å². The molecule has 0 saturated heterocycles. The third kappa shape index (κ3) is 3.29. The normalized spacial score (nSPS) is 16.4. The zero-order chi connectivity index (χ0) is 14.7. The molecule has 2 aromatic rings. The lowest BCUT2D eigenvalue weighted by atomic mass is 9.89. The highest BCUT2D eigenvalue weighted by Crippen LogP contribution is 2.28. The van der Waals surface area contributed by atoms with Crippen LogP contribution < -0.4 is 0 Å². The molecule has 0 aliphatic heterocycles. The highest BCUT2D eigenvalue weighted by atomic mass is 16.4. The predicted molar refractivity (Wildman–Crippen MR) is 84.5 cm³/mol. The second kappa shape index (κ2) is 6.33.